The Bertz CT molecular complexity index is 557. The number of aromatic carboxylic acids is 1. The number of carbonyl (C=O) groups is 2. The first-order chi connectivity index (χ1) is 9.79. The molecule has 2 rings (SSSR count). The fourth-order valence-electron chi connectivity index (χ4n) is 2.40. The number of nitrogens with zero attached hydrogens (tertiary/aromatic N) is 1. The second-order valence-corrected chi connectivity index (χ2v) is 5.02. The van der Waals surface area contributed by atoms with Gasteiger partial charge in [-0.3, -0.25) is 4.79 Å². The van der Waals surface area contributed by atoms with Gasteiger partial charge in [-0.1, -0.05) is 6.07 Å². The number of hydrogen-bond acceptors (Lipinski definition) is 2. The third-order valence-electron chi connectivity index (χ3n) is 3.53. The van der Waals surface area contributed by atoms with Crippen LogP contribution in [0, 0.1) is 5.92 Å². The predicted octanol–water partition coefficient (Wildman–Crippen LogP) is 2.80. The largest absolute Gasteiger partial charge is 0.478 e. The van der Waals surface area contributed by atoms with Crippen LogP contribution in [0.25, 0.3) is 0 Å². The summed E-state index contributed by atoms with van der Waals surface area (Å²) >= 11 is 0. The van der Waals surface area contributed by atoms with Crippen LogP contribution in [-0.4, -0.2) is 41.1 Å². The summed E-state index contributed by atoms with van der Waals surface area (Å²) in [6.45, 7) is -0.123. The zero-order chi connectivity index (χ0) is 15.6. The van der Waals surface area contributed by atoms with Crippen molar-refractivity contribution in [1.82, 2.24) is 4.90 Å². The lowest BCUT2D eigenvalue weighted by Gasteiger charge is -2.33. The molecule has 114 valence electrons. The van der Waals surface area contributed by atoms with Crippen LogP contribution in [0.5, 0.6) is 0 Å². The van der Waals surface area contributed by atoms with Gasteiger partial charge in [-0.25, -0.2) is 4.79 Å². The van der Waals surface area contributed by atoms with Gasteiger partial charge in [0.15, 0.2) is 0 Å². The molecule has 0 saturated carbocycles. The Balaban J connectivity index is 2.16. The molecule has 0 unspecified atom stereocenters. The van der Waals surface area contributed by atoms with Gasteiger partial charge < -0.3 is 10.0 Å². The van der Waals surface area contributed by atoms with E-state index in [1.165, 1.54) is 24.3 Å². The Morgan fingerprint density at radius 2 is 1.90 bits per heavy atom. The summed E-state index contributed by atoms with van der Waals surface area (Å²) in [5.74, 6) is -3.26. The van der Waals surface area contributed by atoms with E-state index < -0.39 is 24.0 Å². The van der Waals surface area contributed by atoms with E-state index in [-0.39, 0.29) is 37.1 Å². The Morgan fingerprint density at radius 3 is 2.52 bits per heavy atom. The summed E-state index contributed by atoms with van der Waals surface area (Å²) in [5.41, 5.74) is 0.0305. The molecule has 0 spiro atoms. The molecule has 1 heterocycles. The Kier molecular flexibility index (Phi) is 4.20. The van der Waals surface area contributed by atoms with E-state index >= 15 is 0 Å². The summed E-state index contributed by atoms with van der Waals surface area (Å²) in [6.07, 6.45) is -4.02. The van der Waals surface area contributed by atoms with Crippen LogP contribution < -0.4 is 0 Å². The highest BCUT2D eigenvalue weighted by Crippen LogP contribution is 2.33. The third kappa shape index (κ3) is 3.53. The molecule has 0 radical (unpaired) electrons. The van der Waals surface area contributed by atoms with E-state index in [9.17, 15) is 22.8 Å². The Morgan fingerprint density at radius 1 is 1.24 bits per heavy atom. The second-order valence-electron chi connectivity index (χ2n) is 5.02. The van der Waals surface area contributed by atoms with Gasteiger partial charge in [0.1, 0.15) is 0 Å². The van der Waals surface area contributed by atoms with Gasteiger partial charge in [0.2, 0.25) is 0 Å². The van der Waals surface area contributed by atoms with E-state index in [1.54, 1.807) is 0 Å². The highest BCUT2D eigenvalue weighted by atomic mass is 19.4. The molecule has 1 amide bonds. The fourth-order valence-corrected chi connectivity index (χ4v) is 2.40. The molecule has 1 aliphatic heterocycles. The van der Waals surface area contributed by atoms with Crippen molar-refractivity contribution in [3.8, 4) is 0 Å². The Labute approximate surface area is 119 Å². The van der Waals surface area contributed by atoms with Crippen molar-refractivity contribution in [1.29, 1.82) is 0 Å². The van der Waals surface area contributed by atoms with Crippen LogP contribution in [0.1, 0.15) is 33.6 Å². The Hall–Kier alpha value is -2.05. The summed E-state index contributed by atoms with van der Waals surface area (Å²) in [6, 6.07) is 5.32. The van der Waals surface area contributed by atoms with Gasteiger partial charge in [-0.2, -0.15) is 13.2 Å². The van der Waals surface area contributed by atoms with E-state index in [0.29, 0.717) is 0 Å². The first-order valence-corrected chi connectivity index (χ1v) is 6.48. The SMILES string of the molecule is O=C(O)c1cccc(C(=O)N2CCC[C@@H](C(F)(F)F)C2)c1. The van der Waals surface area contributed by atoms with Crippen LogP contribution in [0.3, 0.4) is 0 Å². The molecule has 1 aliphatic rings. The molecule has 1 atom stereocenters. The standard InChI is InChI=1S/C14H14F3NO3/c15-14(16,17)11-5-2-6-18(8-11)12(19)9-3-1-4-10(7-9)13(20)21/h1,3-4,7,11H,2,5-6,8H2,(H,20,21)/t11-/m1/s1. The maximum Gasteiger partial charge on any atom is 0.393 e. The van der Waals surface area contributed by atoms with Crippen LogP contribution in [0.15, 0.2) is 24.3 Å². The molecule has 1 aromatic rings. The molecule has 0 aromatic heterocycles. The van der Waals surface area contributed by atoms with Crippen molar-refractivity contribution in [2.75, 3.05) is 13.1 Å². The number of alkyl halides is 3. The molecular formula is C14H14F3NO3. The normalized spacial score (nSPS) is 19.4. The first-order valence-electron chi connectivity index (χ1n) is 6.48. The van der Waals surface area contributed by atoms with Crippen LogP contribution in [-0.2, 0) is 0 Å². The van der Waals surface area contributed by atoms with Gasteiger partial charge >= 0.3 is 12.1 Å². The zero-order valence-corrected chi connectivity index (χ0v) is 11.1. The topological polar surface area (TPSA) is 57.6 Å². The highest BCUT2D eigenvalue weighted by molar-refractivity contribution is 5.97. The summed E-state index contributed by atoms with van der Waals surface area (Å²) < 4.78 is 38.2. The lowest BCUT2D eigenvalue weighted by molar-refractivity contribution is -0.184. The molecule has 0 aliphatic carbocycles. The van der Waals surface area contributed by atoms with Crippen LogP contribution in [0.4, 0.5) is 13.2 Å². The monoisotopic (exact) mass is 301 g/mol. The minimum absolute atomic E-state index is 0.0163. The molecule has 0 bridgehead atoms. The van der Waals surface area contributed by atoms with E-state index in [1.807, 2.05) is 0 Å². The lowest BCUT2D eigenvalue weighted by atomic mass is 9.96. The van der Waals surface area contributed by atoms with E-state index in [0.717, 1.165) is 4.90 Å². The lowest BCUT2D eigenvalue weighted by Crippen LogP contribution is -2.44. The minimum atomic E-state index is -4.32. The molecule has 1 N–H and O–H groups in total. The predicted molar refractivity (Wildman–Crippen MR) is 68.1 cm³/mol. The summed E-state index contributed by atoms with van der Waals surface area (Å²) in [5, 5.41) is 8.88. The molecule has 1 fully saturated rings. The number of hydrogen-bond donors (Lipinski definition) is 1. The average Bonchev–Trinajstić information content (AvgIpc) is 2.46. The van der Waals surface area contributed by atoms with Crippen molar-refractivity contribution in [3.05, 3.63) is 35.4 Å². The van der Waals surface area contributed by atoms with Crippen molar-refractivity contribution < 1.29 is 27.9 Å². The number of likely N-dealkylation sites (tertiary alicyclic amines) is 1. The fraction of sp³-hybridized carbons (Fsp3) is 0.429. The number of carboxylic acids is 1. The van der Waals surface area contributed by atoms with Crippen molar-refractivity contribution in [3.63, 3.8) is 0 Å². The molecule has 4 nitrogen and oxygen atoms in total. The second kappa shape index (κ2) is 5.75. The number of piperidine rings is 1. The molecule has 21 heavy (non-hydrogen) atoms. The van der Waals surface area contributed by atoms with Crippen molar-refractivity contribution in [2.24, 2.45) is 5.92 Å². The van der Waals surface area contributed by atoms with E-state index in [2.05, 4.69) is 0 Å². The molecular weight excluding hydrogens is 287 g/mol. The van der Waals surface area contributed by atoms with Crippen molar-refractivity contribution >= 4 is 11.9 Å². The van der Waals surface area contributed by atoms with E-state index in [4.69, 9.17) is 5.11 Å². The maximum atomic E-state index is 12.7. The zero-order valence-electron chi connectivity index (χ0n) is 11.1. The van der Waals surface area contributed by atoms with Crippen molar-refractivity contribution in [2.45, 2.75) is 19.0 Å². The maximum absolute atomic E-state index is 12.7. The number of carbonyl (C=O) groups excluding carboxylic acids is 1. The summed E-state index contributed by atoms with van der Waals surface area (Å²) in [7, 11) is 0. The third-order valence-corrected chi connectivity index (χ3v) is 3.53. The van der Waals surface area contributed by atoms with Crippen LogP contribution >= 0.6 is 0 Å². The first kappa shape index (κ1) is 15.3. The van der Waals surface area contributed by atoms with Gasteiger partial charge in [0.05, 0.1) is 11.5 Å². The van der Waals surface area contributed by atoms with Gasteiger partial charge in [0, 0.05) is 18.7 Å². The average molecular weight is 301 g/mol. The smallest absolute Gasteiger partial charge is 0.393 e. The summed E-state index contributed by atoms with van der Waals surface area (Å²) in [4.78, 5) is 24.2. The number of benzene rings is 1. The molecule has 7 heteroatoms. The number of amides is 1. The molecule has 1 aromatic carbocycles. The van der Waals surface area contributed by atoms with Crippen LogP contribution in [0.2, 0.25) is 0 Å². The van der Waals surface area contributed by atoms with Gasteiger partial charge in [-0.05, 0) is 31.0 Å². The van der Waals surface area contributed by atoms with Gasteiger partial charge in [0.25, 0.3) is 5.91 Å². The number of rotatable bonds is 2. The van der Waals surface area contributed by atoms with Gasteiger partial charge in [-0.15, -0.1) is 0 Å². The minimum Gasteiger partial charge on any atom is -0.478 e. The highest BCUT2D eigenvalue weighted by Gasteiger charge is 2.42. The number of halogens is 3. The number of carboxylic acid groups (broad SMARTS) is 1. The quantitative estimate of drug-likeness (QED) is 0.914. The molecule has 1 saturated heterocycles.